The Balaban J connectivity index is 1.66. The molecule has 0 aromatic rings. The highest BCUT2D eigenvalue weighted by atomic mass is 19.4. The van der Waals surface area contributed by atoms with Crippen molar-refractivity contribution in [2.45, 2.75) is 76.5 Å². The van der Waals surface area contributed by atoms with E-state index in [1.54, 1.807) is 6.92 Å². The molecule has 0 bridgehead atoms. The van der Waals surface area contributed by atoms with Gasteiger partial charge in [-0.3, -0.25) is 9.59 Å². The van der Waals surface area contributed by atoms with Crippen molar-refractivity contribution < 1.29 is 27.9 Å². The van der Waals surface area contributed by atoms with E-state index in [-0.39, 0.29) is 47.6 Å². The number of aliphatic hydroxyl groups is 1. The van der Waals surface area contributed by atoms with Gasteiger partial charge in [-0.05, 0) is 75.0 Å². The predicted molar refractivity (Wildman–Crippen MR) is 88.1 cm³/mol. The standard InChI is InChI=1S/C20H27F3O3/c1-2-18-9-7-12-11-5-6-16(24)17(25)14(11)4-3-13(12)15(18)8-10-19(18,26)20(21,22)23/h11-15,26H,2-10H2,1H3/t11-,12-,13-,14?,15+,18?,19?/m1/s1. The molecule has 1 N–H and O–H groups in total. The van der Waals surface area contributed by atoms with Gasteiger partial charge >= 0.3 is 6.18 Å². The number of alkyl halides is 3. The lowest BCUT2D eigenvalue weighted by atomic mass is 9.48. The van der Waals surface area contributed by atoms with Gasteiger partial charge in [0.2, 0.25) is 5.78 Å². The molecule has 0 saturated heterocycles. The molecule has 4 aliphatic rings. The lowest BCUT2D eigenvalue weighted by molar-refractivity contribution is -0.307. The van der Waals surface area contributed by atoms with E-state index in [2.05, 4.69) is 0 Å². The van der Waals surface area contributed by atoms with Crippen LogP contribution in [-0.2, 0) is 9.59 Å². The molecule has 7 atom stereocenters. The quantitative estimate of drug-likeness (QED) is 0.706. The van der Waals surface area contributed by atoms with Crippen LogP contribution in [0.2, 0.25) is 0 Å². The Morgan fingerprint density at radius 2 is 1.73 bits per heavy atom. The van der Waals surface area contributed by atoms with Crippen molar-refractivity contribution >= 4 is 11.6 Å². The summed E-state index contributed by atoms with van der Waals surface area (Å²) < 4.78 is 41.4. The molecular weight excluding hydrogens is 345 g/mol. The van der Waals surface area contributed by atoms with Crippen molar-refractivity contribution in [3.63, 3.8) is 0 Å². The highest BCUT2D eigenvalue weighted by molar-refractivity contribution is 6.38. The van der Waals surface area contributed by atoms with Crippen LogP contribution in [0.4, 0.5) is 13.2 Å². The van der Waals surface area contributed by atoms with Crippen LogP contribution in [0.5, 0.6) is 0 Å². The first kappa shape index (κ1) is 18.5. The molecule has 3 nitrogen and oxygen atoms in total. The van der Waals surface area contributed by atoms with Crippen molar-refractivity contribution in [2.75, 3.05) is 0 Å². The molecule has 0 aliphatic heterocycles. The third-order valence-electron chi connectivity index (χ3n) is 8.64. The third kappa shape index (κ3) is 2.17. The Labute approximate surface area is 151 Å². The molecule has 3 unspecified atom stereocenters. The second-order valence-corrected chi connectivity index (χ2v) is 9.05. The van der Waals surface area contributed by atoms with Gasteiger partial charge in [-0.1, -0.05) is 6.92 Å². The number of hydrogen-bond acceptors (Lipinski definition) is 3. The molecule has 4 aliphatic carbocycles. The zero-order valence-electron chi connectivity index (χ0n) is 15.1. The Morgan fingerprint density at radius 1 is 1.00 bits per heavy atom. The molecule has 0 aromatic carbocycles. The summed E-state index contributed by atoms with van der Waals surface area (Å²) in [4.78, 5) is 24.1. The second kappa shape index (κ2) is 5.79. The van der Waals surface area contributed by atoms with Crippen LogP contribution in [0, 0.1) is 35.0 Å². The van der Waals surface area contributed by atoms with Gasteiger partial charge in [0.1, 0.15) is 0 Å². The van der Waals surface area contributed by atoms with Crippen molar-refractivity contribution in [3.05, 3.63) is 0 Å². The smallest absolute Gasteiger partial charge is 0.380 e. The van der Waals surface area contributed by atoms with Crippen LogP contribution in [0.25, 0.3) is 0 Å². The molecule has 4 fully saturated rings. The van der Waals surface area contributed by atoms with Crippen LogP contribution >= 0.6 is 0 Å². The monoisotopic (exact) mass is 372 g/mol. The van der Waals surface area contributed by atoms with E-state index < -0.39 is 17.2 Å². The fourth-order valence-corrected chi connectivity index (χ4v) is 7.50. The van der Waals surface area contributed by atoms with Crippen LogP contribution < -0.4 is 0 Å². The zero-order valence-corrected chi connectivity index (χ0v) is 15.1. The van der Waals surface area contributed by atoms with Crippen molar-refractivity contribution in [2.24, 2.45) is 35.0 Å². The first-order chi connectivity index (χ1) is 12.2. The maximum absolute atomic E-state index is 13.8. The largest absolute Gasteiger partial charge is 0.417 e. The Bertz CT molecular complexity index is 630. The lowest BCUT2D eigenvalue weighted by Gasteiger charge is -2.57. The number of Topliss-reactive ketones (excluding diaryl/α,β-unsaturated/α-hetero) is 2. The Morgan fingerprint density at radius 3 is 2.38 bits per heavy atom. The van der Waals surface area contributed by atoms with E-state index in [9.17, 15) is 27.9 Å². The normalized spacial score (nSPS) is 48.7. The molecule has 0 amide bonds. The second-order valence-electron chi connectivity index (χ2n) is 9.05. The summed E-state index contributed by atoms with van der Waals surface area (Å²) >= 11 is 0. The molecule has 146 valence electrons. The average Bonchev–Trinajstić information content (AvgIpc) is 2.92. The van der Waals surface area contributed by atoms with Crippen LogP contribution in [0.3, 0.4) is 0 Å². The first-order valence-electron chi connectivity index (χ1n) is 10.0. The fraction of sp³-hybridized carbons (Fsp3) is 0.900. The molecule has 0 heterocycles. The van der Waals surface area contributed by atoms with E-state index >= 15 is 0 Å². The summed E-state index contributed by atoms with van der Waals surface area (Å²) in [6, 6.07) is 0. The minimum Gasteiger partial charge on any atom is -0.380 e. The van der Waals surface area contributed by atoms with Gasteiger partial charge in [0.15, 0.2) is 11.4 Å². The van der Waals surface area contributed by atoms with Crippen LogP contribution in [-0.4, -0.2) is 28.5 Å². The van der Waals surface area contributed by atoms with Gasteiger partial charge < -0.3 is 5.11 Å². The minimum atomic E-state index is -4.60. The van der Waals surface area contributed by atoms with Gasteiger partial charge in [0.05, 0.1) is 0 Å². The summed E-state index contributed by atoms with van der Waals surface area (Å²) in [6.45, 7) is 1.78. The number of carbonyl (C=O) groups is 2. The summed E-state index contributed by atoms with van der Waals surface area (Å²) in [5.74, 6) is -0.344. The number of hydrogen-bond donors (Lipinski definition) is 1. The van der Waals surface area contributed by atoms with Gasteiger partial charge in [0.25, 0.3) is 0 Å². The van der Waals surface area contributed by atoms with Gasteiger partial charge in [-0.25, -0.2) is 0 Å². The molecule has 4 rings (SSSR count). The van der Waals surface area contributed by atoms with Crippen molar-refractivity contribution in [1.29, 1.82) is 0 Å². The molecule has 0 aromatic heterocycles. The molecule has 4 saturated carbocycles. The average molecular weight is 372 g/mol. The highest BCUT2D eigenvalue weighted by Gasteiger charge is 2.73. The summed E-state index contributed by atoms with van der Waals surface area (Å²) in [6.07, 6.45) is -0.726. The number of halogens is 3. The third-order valence-corrected chi connectivity index (χ3v) is 8.64. The number of fused-ring (bicyclic) bond motifs is 5. The zero-order chi connectivity index (χ0) is 18.9. The van der Waals surface area contributed by atoms with Gasteiger partial charge in [-0.15, -0.1) is 0 Å². The number of carbonyl (C=O) groups excluding carboxylic acids is 2. The van der Waals surface area contributed by atoms with E-state index in [4.69, 9.17) is 0 Å². The van der Waals surface area contributed by atoms with E-state index in [0.717, 1.165) is 0 Å². The number of ketones is 2. The fourth-order valence-electron chi connectivity index (χ4n) is 7.50. The first-order valence-corrected chi connectivity index (χ1v) is 10.0. The number of rotatable bonds is 1. The Hall–Kier alpha value is -0.910. The van der Waals surface area contributed by atoms with Crippen LogP contribution in [0.15, 0.2) is 0 Å². The topological polar surface area (TPSA) is 54.4 Å². The van der Waals surface area contributed by atoms with Gasteiger partial charge in [0, 0.05) is 17.8 Å². The minimum absolute atomic E-state index is 0.133. The lowest BCUT2D eigenvalue weighted by Crippen LogP contribution is -2.61. The molecular formula is C20H27F3O3. The highest BCUT2D eigenvalue weighted by Crippen LogP contribution is 2.69. The van der Waals surface area contributed by atoms with Crippen molar-refractivity contribution in [3.8, 4) is 0 Å². The molecule has 6 heteroatoms. The summed E-state index contributed by atoms with van der Waals surface area (Å²) in [5, 5.41) is 10.7. The SMILES string of the molecule is CCC12CC[C@H]3[C@@H](CCC4C(=O)C(=O)CC[C@@H]43)[C@@H]1CCC2(O)C(F)(F)F. The Kier molecular flexibility index (Phi) is 4.11. The summed E-state index contributed by atoms with van der Waals surface area (Å²) in [5.41, 5.74) is -3.67. The van der Waals surface area contributed by atoms with Crippen molar-refractivity contribution in [1.82, 2.24) is 0 Å². The summed E-state index contributed by atoms with van der Waals surface area (Å²) in [7, 11) is 0. The predicted octanol–water partition coefficient (Wildman–Crippen LogP) is 4.07. The molecule has 0 spiro atoms. The molecule has 26 heavy (non-hydrogen) atoms. The molecule has 0 radical (unpaired) electrons. The van der Waals surface area contributed by atoms with Gasteiger partial charge in [-0.2, -0.15) is 13.2 Å². The maximum Gasteiger partial charge on any atom is 0.417 e. The van der Waals surface area contributed by atoms with E-state index in [1.807, 2.05) is 0 Å². The maximum atomic E-state index is 13.8. The van der Waals surface area contributed by atoms with E-state index in [1.165, 1.54) is 0 Å². The van der Waals surface area contributed by atoms with E-state index in [0.29, 0.717) is 51.4 Å². The van der Waals surface area contributed by atoms with Crippen LogP contribution in [0.1, 0.15) is 64.7 Å².